The summed E-state index contributed by atoms with van der Waals surface area (Å²) < 4.78 is 7.12. The van der Waals surface area contributed by atoms with Crippen LogP contribution in [0.5, 0.6) is 0 Å². The maximum atomic E-state index is 12.4. The minimum atomic E-state index is -0.0676. The fourth-order valence-corrected chi connectivity index (χ4v) is 2.78. The summed E-state index contributed by atoms with van der Waals surface area (Å²) in [6.45, 7) is 4.61. The van der Waals surface area contributed by atoms with Gasteiger partial charge >= 0.3 is 0 Å². The molecule has 132 valence electrons. The summed E-state index contributed by atoms with van der Waals surface area (Å²) in [7, 11) is 0. The van der Waals surface area contributed by atoms with Crippen molar-refractivity contribution in [1.29, 1.82) is 0 Å². The first-order chi connectivity index (χ1) is 12.2. The van der Waals surface area contributed by atoms with Crippen LogP contribution in [0.4, 0.5) is 11.8 Å². The second kappa shape index (κ2) is 6.67. The van der Waals surface area contributed by atoms with Crippen LogP contribution in [-0.4, -0.2) is 59.1 Å². The topological polar surface area (TPSA) is 96.1 Å². The largest absolute Gasteiger partial charge is 0.378 e. The van der Waals surface area contributed by atoms with Gasteiger partial charge in [-0.05, 0) is 25.8 Å². The number of nitrogens with one attached hydrogen (secondary N) is 2. The maximum Gasteiger partial charge on any atom is 0.263 e. The third kappa shape index (κ3) is 3.41. The van der Waals surface area contributed by atoms with Gasteiger partial charge in [0.15, 0.2) is 5.82 Å². The van der Waals surface area contributed by atoms with Crippen LogP contribution < -0.4 is 15.6 Å². The Hall–Kier alpha value is -2.68. The Bertz CT molecular complexity index is 806. The van der Waals surface area contributed by atoms with Crippen molar-refractivity contribution in [3.8, 4) is 0 Å². The number of hydrogen-bond acceptors (Lipinski definition) is 7. The molecular weight excluding hydrogens is 322 g/mol. The van der Waals surface area contributed by atoms with E-state index in [1.165, 1.54) is 0 Å². The number of hydrazone groups is 1. The highest BCUT2D eigenvalue weighted by atomic mass is 16.5. The number of aromatic nitrogens is 3. The monoisotopic (exact) mass is 343 g/mol. The zero-order valence-corrected chi connectivity index (χ0v) is 14.1. The van der Waals surface area contributed by atoms with Gasteiger partial charge in [0.2, 0.25) is 0 Å². The van der Waals surface area contributed by atoms with E-state index in [1.807, 2.05) is 13.0 Å². The summed E-state index contributed by atoms with van der Waals surface area (Å²) in [6.07, 6.45) is 5.48. The molecule has 0 aromatic carbocycles. The average Bonchev–Trinajstić information content (AvgIpc) is 3.34. The van der Waals surface area contributed by atoms with Gasteiger partial charge < -0.3 is 15.0 Å². The van der Waals surface area contributed by atoms with Crippen molar-refractivity contribution < 1.29 is 9.53 Å². The lowest BCUT2D eigenvalue weighted by Gasteiger charge is -2.28. The SMILES string of the molecule is C/C=N/Nc1nc(N2CCOCC2)c2cc(C(=O)NC3CC3)cn2n1. The summed E-state index contributed by atoms with van der Waals surface area (Å²) in [5.74, 6) is 1.09. The summed E-state index contributed by atoms with van der Waals surface area (Å²) in [6, 6.07) is 2.16. The molecule has 4 rings (SSSR count). The maximum absolute atomic E-state index is 12.4. The molecule has 2 fully saturated rings. The molecule has 1 aliphatic carbocycles. The van der Waals surface area contributed by atoms with Crippen molar-refractivity contribution in [3.63, 3.8) is 0 Å². The highest BCUT2D eigenvalue weighted by Crippen LogP contribution is 2.25. The number of rotatable bonds is 5. The van der Waals surface area contributed by atoms with E-state index in [-0.39, 0.29) is 5.91 Å². The fraction of sp³-hybridized carbons (Fsp3) is 0.500. The van der Waals surface area contributed by atoms with Crippen LogP contribution in [0.15, 0.2) is 17.4 Å². The molecule has 0 atom stereocenters. The third-order valence-corrected chi connectivity index (χ3v) is 4.22. The van der Waals surface area contributed by atoms with E-state index in [4.69, 9.17) is 4.74 Å². The number of anilines is 2. The Labute approximate surface area is 145 Å². The molecule has 0 spiro atoms. The Balaban J connectivity index is 1.72. The van der Waals surface area contributed by atoms with Gasteiger partial charge in [-0.1, -0.05) is 0 Å². The molecule has 0 radical (unpaired) electrons. The van der Waals surface area contributed by atoms with Gasteiger partial charge in [-0.15, -0.1) is 5.10 Å². The molecule has 2 aromatic rings. The zero-order valence-electron chi connectivity index (χ0n) is 14.1. The van der Waals surface area contributed by atoms with Crippen LogP contribution in [0.3, 0.4) is 0 Å². The highest BCUT2D eigenvalue weighted by Gasteiger charge is 2.25. The number of ether oxygens (including phenoxy) is 1. The van der Waals surface area contributed by atoms with Gasteiger partial charge in [0, 0.05) is 31.5 Å². The van der Waals surface area contributed by atoms with Gasteiger partial charge in [-0.3, -0.25) is 4.79 Å². The fourth-order valence-electron chi connectivity index (χ4n) is 2.78. The van der Waals surface area contributed by atoms with Gasteiger partial charge in [0.25, 0.3) is 11.9 Å². The van der Waals surface area contributed by atoms with Crippen molar-refractivity contribution in [1.82, 2.24) is 19.9 Å². The number of carbonyl (C=O) groups is 1. The first-order valence-corrected chi connectivity index (χ1v) is 8.52. The van der Waals surface area contributed by atoms with Crippen LogP contribution in [0.25, 0.3) is 5.52 Å². The number of fused-ring (bicyclic) bond motifs is 1. The molecule has 0 unspecified atom stereocenters. The number of carbonyl (C=O) groups excluding carboxylic acids is 1. The Morgan fingerprint density at radius 1 is 1.40 bits per heavy atom. The minimum absolute atomic E-state index is 0.0676. The summed E-state index contributed by atoms with van der Waals surface area (Å²) >= 11 is 0. The Morgan fingerprint density at radius 2 is 2.20 bits per heavy atom. The third-order valence-electron chi connectivity index (χ3n) is 4.22. The summed E-state index contributed by atoms with van der Waals surface area (Å²) in [4.78, 5) is 19.1. The quantitative estimate of drug-likeness (QED) is 0.618. The van der Waals surface area contributed by atoms with Crippen LogP contribution in [0.2, 0.25) is 0 Å². The van der Waals surface area contributed by atoms with Crippen LogP contribution >= 0.6 is 0 Å². The summed E-state index contributed by atoms with van der Waals surface area (Å²) in [5, 5.41) is 11.4. The molecular formula is C16H21N7O2. The van der Waals surface area contributed by atoms with Gasteiger partial charge in [0.1, 0.15) is 5.52 Å². The van der Waals surface area contributed by atoms with E-state index < -0.39 is 0 Å². The Morgan fingerprint density at radius 3 is 2.92 bits per heavy atom. The second-order valence-electron chi connectivity index (χ2n) is 6.16. The highest BCUT2D eigenvalue weighted by molar-refractivity contribution is 5.96. The molecule has 1 saturated heterocycles. The predicted octanol–water partition coefficient (Wildman–Crippen LogP) is 0.876. The van der Waals surface area contributed by atoms with Crippen molar-refractivity contribution in [2.75, 3.05) is 36.6 Å². The predicted molar refractivity (Wildman–Crippen MR) is 94.3 cm³/mol. The number of amides is 1. The molecule has 25 heavy (non-hydrogen) atoms. The van der Waals surface area contributed by atoms with Gasteiger partial charge in [0.05, 0.1) is 18.8 Å². The van der Waals surface area contributed by atoms with E-state index in [0.717, 1.165) is 37.3 Å². The van der Waals surface area contributed by atoms with Crippen molar-refractivity contribution >= 4 is 29.4 Å². The smallest absolute Gasteiger partial charge is 0.263 e. The van der Waals surface area contributed by atoms with Crippen molar-refractivity contribution in [2.24, 2.45) is 5.10 Å². The van der Waals surface area contributed by atoms with Gasteiger partial charge in [-0.2, -0.15) is 10.1 Å². The van der Waals surface area contributed by atoms with E-state index >= 15 is 0 Å². The van der Waals surface area contributed by atoms with Crippen LogP contribution in [0.1, 0.15) is 30.1 Å². The molecule has 9 nitrogen and oxygen atoms in total. The number of morpholine rings is 1. The second-order valence-corrected chi connectivity index (χ2v) is 6.16. The first-order valence-electron chi connectivity index (χ1n) is 8.52. The lowest BCUT2D eigenvalue weighted by molar-refractivity contribution is 0.0951. The molecule has 1 amide bonds. The van der Waals surface area contributed by atoms with Crippen LogP contribution in [0, 0.1) is 0 Å². The van der Waals surface area contributed by atoms with E-state index in [2.05, 4.69) is 30.8 Å². The molecule has 2 N–H and O–H groups in total. The number of nitrogens with zero attached hydrogens (tertiary/aromatic N) is 5. The zero-order chi connectivity index (χ0) is 17.2. The molecule has 3 heterocycles. The van der Waals surface area contributed by atoms with E-state index in [9.17, 15) is 4.79 Å². The van der Waals surface area contributed by atoms with Crippen molar-refractivity contribution in [3.05, 3.63) is 17.8 Å². The van der Waals surface area contributed by atoms with Crippen molar-refractivity contribution in [2.45, 2.75) is 25.8 Å². The first kappa shape index (κ1) is 15.8. The minimum Gasteiger partial charge on any atom is -0.378 e. The Kier molecular flexibility index (Phi) is 4.22. The molecule has 0 bridgehead atoms. The number of hydrogen-bond donors (Lipinski definition) is 2. The van der Waals surface area contributed by atoms with Crippen LogP contribution in [-0.2, 0) is 4.74 Å². The lowest BCUT2D eigenvalue weighted by Crippen LogP contribution is -2.37. The normalized spacial score (nSPS) is 18.0. The molecule has 1 saturated carbocycles. The lowest BCUT2D eigenvalue weighted by atomic mass is 10.3. The molecule has 1 aliphatic heterocycles. The standard InChI is InChI=1S/C16H21N7O2/c1-2-17-20-16-19-14(22-5-7-25-8-6-22)13-9-11(10-23(13)21-16)15(24)18-12-3-4-12/h2,9-10,12H,3-8H2,1H3,(H,18,24)(H,20,21)/b17-2+. The van der Waals surface area contributed by atoms with E-state index in [1.54, 1.807) is 16.9 Å². The molecule has 2 aromatic heterocycles. The molecule has 9 heteroatoms. The van der Waals surface area contributed by atoms with Gasteiger partial charge in [-0.25, -0.2) is 9.94 Å². The summed E-state index contributed by atoms with van der Waals surface area (Å²) in [5.41, 5.74) is 4.20. The molecule has 2 aliphatic rings. The van der Waals surface area contributed by atoms with E-state index in [0.29, 0.717) is 30.8 Å². The average molecular weight is 343 g/mol.